The summed E-state index contributed by atoms with van der Waals surface area (Å²) in [6.45, 7) is 2.49. The highest BCUT2D eigenvalue weighted by Gasteiger charge is 2.35. The van der Waals surface area contributed by atoms with Crippen molar-refractivity contribution in [1.29, 1.82) is 0 Å². The molecule has 2 amide bonds. The highest BCUT2D eigenvalue weighted by molar-refractivity contribution is 9.10. The van der Waals surface area contributed by atoms with Crippen LogP contribution in [0, 0.1) is 10.1 Å². The van der Waals surface area contributed by atoms with Crippen LogP contribution in [0.5, 0.6) is 11.5 Å². The fraction of sp³-hybridized carbons (Fsp3) is 0.154. The van der Waals surface area contributed by atoms with E-state index in [1.54, 1.807) is 24.3 Å². The highest BCUT2D eigenvalue weighted by atomic mass is 79.9. The van der Waals surface area contributed by atoms with Crippen molar-refractivity contribution in [1.82, 2.24) is 4.90 Å². The molecule has 1 aliphatic rings. The number of imide groups is 1. The molecule has 3 aromatic carbocycles. The van der Waals surface area contributed by atoms with Crippen molar-refractivity contribution in [2.75, 3.05) is 6.61 Å². The Morgan fingerprint density at radius 2 is 1.84 bits per heavy atom. The van der Waals surface area contributed by atoms with Crippen LogP contribution in [0.1, 0.15) is 23.6 Å². The summed E-state index contributed by atoms with van der Waals surface area (Å²) in [4.78, 5) is 37.2. The molecule has 0 saturated carbocycles. The lowest BCUT2D eigenvalue weighted by Crippen LogP contribution is -2.27. The lowest BCUT2D eigenvalue weighted by molar-refractivity contribution is -0.384. The number of thioether (sulfide) groups is 1. The molecule has 8 nitrogen and oxygen atoms in total. The first-order chi connectivity index (χ1) is 17.8. The first-order valence-corrected chi connectivity index (χ1v) is 13.1. The predicted octanol–water partition coefficient (Wildman–Crippen LogP) is 7.22. The molecular formula is C26H20BrClN2O6S. The third-order valence-electron chi connectivity index (χ3n) is 5.32. The third kappa shape index (κ3) is 6.33. The number of non-ortho nitro benzene ring substituents is 1. The number of benzene rings is 3. The maximum atomic E-state index is 13.0. The molecule has 0 N–H and O–H groups in total. The second-order valence-electron chi connectivity index (χ2n) is 7.83. The van der Waals surface area contributed by atoms with Gasteiger partial charge in [0.1, 0.15) is 6.61 Å². The van der Waals surface area contributed by atoms with Crippen molar-refractivity contribution in [3.63, 3.8) is 0 Å². The van der Waals surface area contributed by atoms with Gasteiger partial charge >= 0.3 is 0 Å². The zero-order valence-electron chi connectivity index (χ0n) is 19.5. The van der Waals surface area contributed by atoms with Crippen molar-refractivity contribution >= 4 is 62.2 Å². The Morgan fingerprint density at radius 1 is 1.11 bits per heavy atom. The number of ether oxygens (including phenoxy) is 2. The molecule has 1 aliphatic heterocycles. The van der Waals surface area contributed by atoms with E-state index in [1.165, 1.54) is 24.3 Å². The van der Waals surface area contributed by atoms with Crippen molar-refractivity contribution in [2.24, 2.45) is 0 Å². The normalized spacial score (nSPS) is 14.4. The first kappa shape index (κ1) is 26.7. The van der Waals surface area contributed by atoms with Crippen LogP contribution in [-0.2, 0) is 17.9 Å². The summed E-state index contributed by atoms with van der Waals surface area (Å²) in [6.07, 6.45) is 1.62. The number of rotatable bonds is 9. The van der Waals surface area contributed by atoms with E-state index in [0.29, 0.717) is 38.7 Å². The van der Waals surface area contributed by atoms with E-state index in [4.69, 9.17) is 21.1 Å². The molecule has 4 rings (SSSR count). The van der Waals surface area contributed by atoms with E-state index in [2.05, 4.69) is 15.9 Å². The van der Waals surface area contributed by atoms with Crippen LogP contribution in [0.15, 0.2) is 70.0 Å². The maximum Gasteiger partial charge on any atom is 0.293 e. The smallest absolute Gasteiger partial charge is 0.293 e. The summed E-state index contributed by atoms with van der Waals surface area (Å²) < 4.78 is 12.4. The monoisotopic (exact) mass is 602 g/mol. The van der Waals surface area contributed by atoms with Gasteiger partial charge in [-0.15, -0.1) is 0 Å². The van der Waals surface area contributed by atoms with Gasteiger partial charge in [-0.1, -0.05) is 41.9 Å². The van der Waals surface area contributed by atoms with E-state index in [-0.39, 0.29) is 23.7 Å². The topological polar surface area (TPSA) is 99.0 Å². The number of amides is 2. The van der Waals surface area contributed by atoms with Gasteiger partial charge in [0.2, 0.25) is 0 Å². The van der Waals surface area contributed by atoms with Crippen molar-refractivity contribution in [3.8, 4) is 11.5 Å². The molecule has 0 aliphatic carbocycles. The number of hydrogen-bond acceptors (Lipinski definition) is 7. The van der Waals surface area contributed by atoms with E-state index in [9.17, 15) is 19.7 Å². The Hall–Kier alpha value is -3.34. The van der Waals surface area contributed by atoms with E-state index in [0.717, 1.165) is 22.2 Å². The molecule has 190 valence electrons. The van der Waals surface area contributed by atoms with Gasteiger partial charge in [-0.05, 0) is 70.0 Å². The average Bonchev–Trinajstić information content (AvgIpc) is 3.12. The van der Waals surface area contributed by atoms with Crippen molar-refractivity contribution < 1.29 is 24.0 Å². The van der Waals surface area contributed by atoms with Crippen LogP contribution >= 0.6 is 39.3 Å². The minimum absolute atomic E-state index is 0.0166. The van der Waals surface area contributed by atoms with Gasteiger partial charge in [0.25, 0.3) is 16.8 Å². The minimum atomic E-state index is -0.506. The molecule has 0 spiro atoms. The quantitative estimate of drug-likeness (QED) is 0.145. The number of nitro groups is 1. The van der Waals surface area contributed by atoms with Crippen LogP contribution in [-0.4, -0.2) is 27.6 Å². The van der Waals surface area contributed by atoms with Crippen molar-refractivity contribution in [2.45, 2.75) is 20.1 Å². The van der Waals surface area contributed by atoms with Gasteiger partial charge < -0.3 is 9.47 Å². The zero-order valence-corrected chi connectivity index (χ0v) is 22.6. The lowest BCUT2D eigenvalue weighted by Gasteiger charge is -2.15. The summed E-state index contributed by atoms with van der Waals surface area (Å²) in [5.41, 5.74) is 2.01. The Bertz CT molecular complexity index is 1400. The van der Waals surface area contributed by atoms with Gasteiger partial charge in [0, 0.05) is 22.7 Å². The van der Waals surface area contributed by atoms with Crippen LogP contribution < -0.4 is 9.47 Å². The SMILES string of the molecule is CCOc1cc(/C=C2\SC(=O)N(Cc3ccc([N+](=O)[O-])cc3)C2=O)cc(Br)c1OCc1ccccc1Cl. The summed E-state index contributed by atoms with van der Waals surface area (Å²) in [5.74, 6) is 0.520. The fourth-order valence-electron chi connectivity index (χ4n) is 3.53. The number of hydrogen-bond donors (Lipinski definition) is 0. The molecule has 1 saturated heterocycles. The molecule has 0 radical (unpaired) electrons. The molecule has 11 heteroatoms. The van der Waals surface area contributed by atoms with E-state index < -0.39 is 16.1 Å². The van der Waals surface area contributed by atoms with Gasteiger partial charge in [-0.3, -0.25) is 24.6 Å². The standard InChI is InChI=1S/C26H20BrClN2O6S/c1-2-35-22-12-17(11-20(27)24(22)36-15-18-5-3-4-6-21(18)28)13-23-25(31)29(26(32)37-23)14-16-7-9-19(10-8-16)30(33)34/h3-13H,2,14-15H2,1H3/b23-13-. The second kappa shape index (κ2) is 11.8. The predicted molar refractivity (Wildman–Crippen MR) is 146 cm³/mol. The molecule has 0 aromatic heterocycles. The fourth-order valence-corrected chi connectivity index (χ4v) is 5.14. The Balaban J connectivity index is 1.54. The molecule has 0 atom stereocenters. The van der Waals surface area contributed by atoms with Crippen LogP contribution in [0.3, 0.4) is 0 Å². The van der Waals surface area contributed by atoms with Crippen molar-refractivity contribution in [3.05, 3.63) is 102 Å². The van der Waals surface area contributed by atoms with Gasteiger partial charge in [-0.2, -0.15) is 0 Å². The summed E-state index contributed by atoms with van der Waals surface area (Å²) in [7, 11) is 0. The second-order valence-corrected chi connectivity index (χ2v) is 10.1. The Labute approximate surface area is 230 Å². The van der Waals surface area contributed by atoms with Crippen LogP contribution in [0.25, 0.3) is 6.08 Å². The zero-order chi connectivity index (χ0) is 26.5. The number of nitro benzene ring substituents is 1. The maximum absolute atomic E-state index is 13.0. The van der Waals surface area contributed by atoms with Gasteiger partial charge in [-0.25, -0.2) is 0 Å². The summed E-state index contributed by atoms with van der Waals surface area (Å²) in [6, 6.07) is 16.6. The molecule has 0 unspecified atom stereocenters. The number of halogens is 2. The molecule has 0 bridgehead atoms. The lowest BCUT2D eigenvalue weighted by atomic mass is 10.1. The number of carbonyl (C=O) groups excluding carboxylic acids is 2. The summed E-state index contributed by atoms with van der Waals surface area (Å²) in [5, 5.41) is 11.0. The summed E-state index contributed by atoms with van der Waals surface area (Å²) >= 11 is 10.6. The minimum Gasteiger partial charge on any atom is -0.490 e. The highest BCUT2D eigenvalue weighted by Crippen LogP contribution is 2.40. The number of carbonyl (C=O) groups is 2. The van der Waals surface area contributed by atoms with Crippen LogP contribution in [0.4, 0.5) is 10.5 Å². The molecule has 1 heterocycles. The molecular weight excluding hydrogens is 584 g/mol. The Morgan fingerprint density at radius 3 is 2.51 bits per heavy atom. The van der Waals surface area contributed by atoms with E-state index >= 15 is 0 Å². The molecule has 3 aromatic rings. The van der Waals surface area contributed by atoms with Crippen LogP contribution in [0.2, 0.25) is 5.02 Å². The average molecular weight is 604 g/mol. The molecule has 37 heavy (non-hydrogen) atoms. The first-order valence-electron chi connectivity index (χ1n) is 11.1. The number of nitrogens with zero attached hydrogens (tertiary/aromatic N) is 2. The van der Waals surface area contributed by atoms with Gasteiger partial charge in [0.05, 0.1) is 27.5 Å². The Kier molecular flexibility index (Phi) is 8.52. The largest absolute Gasteiger partial charge is 0.490 e. The molecule has 1 fully saturated rings. The van der Waals surface area contributed by atoms with Gasteiger partial charge in [0.15, 0.2) is 11.5 Å². The van der Waals surface area contributed by atoms with E-state index in [1.807, 2.05) is 25.1 Å². The third-order valence-corrected chi connectivity index (χ3v) is 7.19.